The number of ether oxygens (including phenoxy) is 1. The summed E-state index contributed by atoms with van der Waals surface area (Å²) in [5.74, 6) is 0.183. The molecule has 1 N–H and O–H groups in total. The lowest BCUT2D eigenvalue weighted by Crippen LogP contribution is -2.44. The number of alkyl halides is 1. The van der Waals surface area contributed by atoms with Crippen LogP contribution in [0.15, 0.2) is 0 Å². The number of rotatable bonds is 5. The summed E-state index contributed by atoms with van der Waals surface area (Å²) in [5, 5.41) is 8.65. The van der Waals surface area contributed by atoms with Gasteiger partial charge in [0.2, 0.25) is 5.91 Å². The first-order valence-corrected chi connectivity index (χ1v) is 6.76. The number of likely N-dealkylation sites (tertiary alicyclic amines) is 1. The molecule has 0 bridgehead atoms. The predicted octanol–water partition coefficient (Wildman–Crippen LogP) is 1.16. The highest BCUT2D eigenvalue weighted by Gasteiger charge is 2.26. The summed E-state index contributed by atoms with van der Waals surface area (Å²) in [7, 11) is 0. The highest BCUT2D eigenvalue weighted by atomic mass is 79.9. The largest absolute Gasteiger partial charge is 0.394 e. The Balaban J connectivity index is 2.28. The Hall–Kier alpha value is -0.130. The molecule has 1 aliphatic heterocycles. The molecule has 1 heterocycles. The van der Waals surface area contributed by atoms with Crippen molar-refractivity contribution in [1.29, 1.82) is 0 Å². The normalized spacial score (nSPS) is 19.8. The maximum absolute atomic E-state index is 11.8. The number of halogens is 1. The zero-order valence-electron chi connectivity index (χ0n) is 9.69. The van der Waals surface area contributed by atoms with Crippen LogP contribution in [0.2, 0.25) is 0 Å². The fourth-order valence-corrected chi connectivity index (χ4v) is 2.12. The van der Waals surface area contributed by atoms with E-state index in [4.69, 9.17) is 9.84 Å². The molecule has 1 unspecified atom stereocenters. The minimum Gasteiger partial charge on any atom is -0.394 e. The molecular weight excluding hydrogens is 274 g/mol. The van der Waals surface area contributed by atoms with Gasteiger partial charge in [-0.15, -0.1) is 0 Å². The molecule has 16 heavy (non-hydrogen) atoms. The number of amides is 1. The summed E-state index contributed by atoms with van der Waals surface area (Å²) >= 11 is 3.38. The van der Waals surface area contributed by atoms with E-state index >= 15 is 0 Å². The Morgan fingerprint density at radius 2 is 2.19 bits per heavy atom. The number of piperidine rings is 1. The van der Waals surface area contributed by atoms with Crippen molar-refractivity contribution >= 4 is 21.8 Å². The summed E-state index contributed by atoms with van der Waals surface area (Å²) in [6.45, 7) is 3.98. The highest BCUT2D eigenvalue weighted by Crippen LogP contribution is 2.17. The zero-order valence-corrected chi connectivity index (χ0v) is 11.3. The van der Waals surface area contributed by atoms with Crippen molar-refractivity contribution in [3.05, 3.63) is 0 Å². The molecule has 0 aliphatic carbocycles. The Morgan fingerprint density at radius 3 is 2.69 bits per heavy atom. The maximum Gasteiger partial charge on any atom is 0.236 e. The summed E-state index contributed by atoms with van der Waals surface area (Å²) in [6.07, 6.45) is 2.76. The van der Waals surface area contributed by atoms with Crippen LogP contribution in [0.1, 0.15) is 26.2 Å². The quantitative estimate of drug-likeness (QED) is 0.774. The number of aliphatic hydroxyl groups is 1. The second kappa shape index (κ2) is 7.25. The van der Waals surface area contributed by atoms with Crippen LogP contribution in [0.5, 0.6) is 0 Å². The zero-order chi connectivity index (χ0) is 12.0. The van der Waals surface area contributed by atoms with Gasteiger partial charge in [-0.1, -0.05) is 22.9 Å². The van der Waals surface area contributed by atoms with E-state index in [1.165, 1.54) is 0 Å². The Kier molecular flexibility index (Phi) is 6.31. The summed E-state index contributed by atoms with van der Waals surface area (Å²) < 4.78 is 5.45. The van der Waals surface area contributed by atoms with E-state index in [9.17, 15) is 4.79 Å². The lowest BCUT2D eigenvalue weighted by molar-refractivity contribution is -0.133. The molecule has 94 valence electrons. The lowest BCUT2D eigenvalue weighted by atomic mass is 10.1. The first-order valence-electron chi connectivity index (χ1n) is 5.84. The number of aliphatic hydroxyl groups excluding tert-OH is 1. The second-order valence-electron chi connectivity index (χ2n) is 3.99. The summed E-state index contributed by atoms with van der Waals surface area (Å²) in [6, 6.07) is 0. The van der Waals surface area contributed by atoms with Gasteiger partial charge in [0.15, 0.2) is 0 Å². The Morgan fingerprint density at radius 1 is 1.56 bits per heavy atom. The molecule has 5 heteroatoms. The molecule has 1 saturated heterocycles. The van der Waals surface area contributed by atoms with Gasteiger partial charge >= 0.3 is 0 Å². The third kappa shape index (κ3) is 4.03. The van der Waals surface area contributed by atoms with Gasteiger partial charge in [0.05, 0.1) is 24.1 Å². The van der Waals surface area contributed by atoms with Crippen LogP contribution in [0.3, 0.4) is 0 Å². The van der Waals surface area contributed by atoms with Gasteiger partial charge in [-0.05, 0) is 19.3 Å². The van der Waals surface area contributed by atoms with Gasteiger partial charge in [0.1, 0.15) is 0 Å². The van der Waals surface area contributed by atoms with Crippen LogP contribution >= 0.6 is 15.9 Å². The maximum atomic E-state index is 11.8. The number of carbonyl (C=O) groups is 1. The molecule has 1 rings (SSSR count). The average molecular weight is 294 g/mol. The van der Waals surface area contributed by atoms with E-state index in [0.29, 0.717) is 6.61 Å². The summed E-state index contributed by atoms with van der Waals surface area (Å²) in [4.78, 5) is 13.7. The van der Waals surface area contributed by atoms with E-state index in [0.717, 1.165) is 32.4 Å². The molecular formula is C11H20BrNO3. The van der Waals surface area contributed by atoms with Crippen LogP contribution in [0.4, 0.5) is 0 Å². The molecule has 0 aromatic carbocycles. The van der Waals surface area contributed by atoms with Crippen molar-refractivity contribution < 1.29 is 14.6 Å². The van der Waals surface area contributed by atoms with E-state index in [-0.39, 0.29) is 23.4 Å². The van der Waals surface area contributed by atoms with E-state index in [1.54, 1.807) is 0 Å². The smallest absolute Gasteiger partial charge is 0.236 e. The van der Waals surface area contributed by atoms with Crippen molar-refractivity contribution in [2.24, 2.45) is 0 Å². The van der Waals surface area contributed by atoms with Crippen molar-refractivity contribution in [2.75, 3.05) is 26.3 Å². The molecule has 0 spiro atoms. The van der Waals surface area contributed by atoms with E-state index in [2.05, 4.69) is 15.9 Å². The van der Waals surface area contributed by atoms with Gasteiger partial charge in [-0.3, -0.25) is 4.79 Å². The monoisotopic (exact) mass is 293 g/mol. The second-order valence-corrected chi connectivity index (χ2v) is 5.10. The fraction of sp³-hybridized carbons (Fsp3) is 0.909. The predicted molar refractivity (Wildman–Crippen MR) is 65.6 cm³/mol. The Labute approximate surface area is 105 Å². The van der Waals surface area contributed by atoms with Crippen molar-refractivity contribution in [3.8, 4) is 0 Å². The molecule has 0 radical (unpaired) electrons. The van der Waals surface area contributed by atoms with Crippen LogP contribution in [-0.4, -0.2) is 53.1 Å². The van der Waals surface area contributed by atoms with E-state index in [1.807, 2.05) is 11.8 Å². The van der Waals surface area contributed by atoms with Gasteiger partial charge in [-0.25, -0.2) is 0 Å². The molecule has 1 atom stereocenters. The summed E-state index contributed by atoms with van der Waals surface area (Å²) in [5.41, 5.74) is 0. The lowest BCUT2D eigenvalue weighted by Gasteiger charge is -2.33. The number of hydrogen-bond acceptors (Lipinski definition) is 3. The van der Waals surface area contributed by atoms with Gasteiger partial charge in [0, 0.05) is 13.1 Å². The van der Waals surface area contributed by atoms with Crippen molar-refractivity contribution in [2.45, 2.75) is 37.1 Å². The van der Waals surface area contributed by atoms with Crippen LogP contribution < -0.4 is 0 Å². The fourth-order valence-electron chi connectivity index (χ4n) is 1.83. The highest BCUT2D eigenvalue weighted by molar-refractivity contribution is 9.10. The average Bonchev–Trinajstić information content (AvgIpc) is 2.35. The van der Waals surface area contributed by atoms with Crippen LogP contribution in [-0.2, 0) is 9.53 Å². The van der Waals surface area contributed by atoms with Gasteiger partial charge in [0.25, 0.3) is 0 Å². The van der Waals surface area contributed by atoms with Gasteiger partial charge in [-0.2, -0.15) is 0 Å². The number of nitrogens with zero attached hydrogens (tertiary/aromatic N) is 1. The van der Waals surface area contributed by atoms with Crippen LogP contribution in [0, 0.1) is 0 Å². The standard InChI is InChI=1S/C11H20BrNO3/c1-2-10(12)11(15)13-5-3-9(4-6-13)16-8-7-14/h9-10,14H,2-8H2,1H3. The molecule has 0 aromatic rings. The molecule has 1 amide bonds. The van der Waals surface area contributed by atoms with Crippen LogP contribution in [0.25, 0.3) is 0 Å². The van der Waals surface area contributed by atoms with Crippen molar-refractivity contribution in [1.82, 2.24) is 4.90 Å². The molecule has 4 nitrogen and oxygen atoms in total. The van der Waals surface area contributed by atoms with E-state index < -0.39 is 0 Å². The third-order valence-electron chi connectivity index (χ3n) is 2.82. The Bertz CT molecular complexity index is 217. The minimum atomic E-state index is -0.0533. The number of hydrogen-bond donors (Lipinski definition) is 1. The molecule has 1 aliphatic rings. The van der Waals surface area contributed by atoms with Crippen molar-refractivity contribution in [3.63, 3.8) is 0 Å². The minimum absolute atomic E-state index is 0.0533. The molecule has 0 saturated carbocycles. The topological polar surface area (TPSA) is 49.8 Å². The molecule has 1 fully saturated rings. The molecule has 0 aromatic heterocycles. The number of carbonyl (C=O) groups excluding carboxylic acids is 1. The van der Waals surface area contributed by atoms with Gasteiger partial charge < -0.3 is 14.7 Å². The first-order chi connectivity index (χ1) is 7.69. The third-order valence-corrected chi connectivity index (χ3v) is 3.86. The SMILES string of the molecule is CCC(Br)C(=O)N1CCC(OCCO)CC1. The first kappa shape index (κ1) is 13.9.